The Hall–Kier alpha value is -3.17. The molecule has 0 unspecified atom stereocenters. The Labute approximate surface area is 149 Å². The van der Waals surface area contributed by atoms with E-state index >= 15 is 0 Å². The lowest BCUT2D eigenvalue weighted by Crippen LogP contribution is -2.22. The van der Waals surface area contributed by atoms with Crippen LogP contribution in [-0.2, 0) is 6.54 Å². The van der Waals surface area contributed by atoms with Crippen molar-refractivity contribution in [1.82, 2.24) is 15.3 Å². The Morgan fingerprint density at radius 1 is 1.24 bits per heavy atom. The molecule has 25 heavy (non-hydrogen) atoms. The van der Waals surface area contributed by atoms with Crippen LogP contribution < -0.4 is 5.32 Å². The predicted octanol–water partition coefficient (Wildman–Crippen LogP) is 2.88. The van der Waals surface area contributed by atoms with Gasteiger partial charge in [0.15, 0.2) is 5.01 Å². The fourth-order valence-electron chi connectivity index (χ4n) is 2.10. The number of hydrogen-bond donors (Lipinski definition) is 2. The van der Waals surface area contributed by atoms with Gasteiger partial charge in [-0.25, -0.2) is 4.98 Å². The van der Waals surface area contributed by atoms with Crippen molar-refractivity contribution >= 4 is 17.2 Å². The van der Waals surface area contributed by atoms with Gasteiger partial charge in [-0.05, 0) is 48.7 Å². The molecule has 0 aliphatic carbocycles. The first kappa shape index (κ1) is 16.7. The number of nitrogens with one attached hydrogen (secondary N) is 1. The Bertz CT molecular complexity index is 938. The standard InChI is InChI=1S/C19H15N3O2S/c1-13-18(19(24)21-12-15-3-2-10-20-11-15)25-17(22-13)9-6-14-4-7-16(23)8-5-14/h2-5,7-8,10-11,23H,12H2,1H3,(H,21,24). The van der Waals surface area contributed by atoms with E-state index in [0.29, 0.717) is 22.1 Å². The first-order valence-electron chi connectivity index (χ1n) is 7.57. The number of aromatic hydroxyl groups is 1. The van der Waals surface area contributed by atoms with Crippen molar-refractivity contribution < 1.29 is 9.90 Å². The highest BCUT2D eigenvalue weighted by Crippen LogP contribution is 2.17. The number of aryl methyl sites for hydroxylation is 1. The van der Waals surface area contributed by atoms with E-state index in [4.69, 9.17) is 0 Å². The second kappa shape index (κ2) is 7.60. The van der Waals surface area contributed by atoms with E-state index in [2.05, 4.69) is 27.1 Å². The van der Waals surface area contributed by atoms with Gasteiger partial charge in [-0.2, -0.15) is 0 Å². The maximum absolute atomic E-state index is 12.3. The fourth-order valence-corrected chi connectivity index (χ4v) is 2.93. The molecule has 3 aromatic rings. The van der Waals surface area contributed by atoms with Gasteiger partial charge in [-0.3, -0.25) is 9.78 Å². The molecule has 0 aliphatic rings. The molecule has 2 N–H and O–H groups in total. The molecule has 0 saturated carbocycles. The van der Waals surface area contributed by atoms with E-state index in [1.807, 2.05) is 12.1 Å². The maximum Gasteiger partial charge on any atom is 0.263 e. The number of carbonyl (C=O) groups excluding carboxylic acids is 1. The van der Waals surface area contributed by atoms with Crippen LogP contribution in [0.25, 0.3) is 0 Å². The van der Waals surface area contributed by atoms with E-state index in [-0.39, 0.29) is 11.7 Å². The van der Waals surface area contributed by atoms with Crippen molar-refractivity contribution in [3.63, 3.8) is 0 Å². The van der Waals surface area contributed by atoms with E-state index in [9.17, 15) is 9.90 Å². The van der Waals surface area contributed by atoms with E-state index in [1.165, 1.54) is 11.3 Å². The summed E-state index contributed by atoms with van der Waals surface area (Å²) in [5.74, 6) is 5.96. The van der Waals surface area contributed by atoms with Gasteiger partial charge in [0.1, 0.15) is 10.6 Å². The highest BCUT2D eigenvalue weighted by atomic mass is 32.1. The van der Waals surface area contributed by atoms with Gasteiger partial charge in [-0.15, -0.1) is 11.3 Å². The molecule has 124 valence electrons. The molecule has 1 amide bonds. The van der Waals surface area contributed by atoms with Crippen molar-refractivity contribution in [3.8, 4) is 17.6 Å². The maximum atomic E-state index is 12.3. The topological polar surface area (TPSA) is 75.1 Å². The summed E-state index contributed by atoms with van der Waals surface area (Å²) in [5, 5.41) is 12.7. The third-order valence-electron chi connectivity index (χ3n) is 3.36. The normalized spacial score (nSPS) is 9.96. The Balaban J connectivity index is 1.69. The zero-order valence-corrected chi connectivity index (χ0v) is 14.3. The van der Waals surface area contributed by atoms with Gasteiger partial charge >= 0.3 is 0 Å². The number of carbonyl (C=O) groups is 1. The zero-order chi connectivity index (χ0) is 17.6. The number of nitrogens with zero attached hydrogens (tertiary/aromatic N) is 2. The molecule has 3 rings (SSSR count). The average Bonchev–Trinajstić information content (AvgIpc) is 3.01. The highest BCUT2D eigenvalue weighted by molar-refractivity contribution is 7.14. The van der Waals surface area contributed by atoms with Crippen molar-refractivity contribution in [3.05, 3.63) is 75.5 Å². The number of pyridine rings is 1. The zero-order valence-electron chi connectivity index (χ0n) is 13.5. The van der Waals surface area contributed by atoms with E-state index in [0.717, 1.165) is 11.1 Å². The first-order chi connectivity index (χ1) is 12.1. The van der Waals surface area contributed by atoms with Crippen molar-refractivity contribution in [2.45, 2.75) is 13.5 Å². The molecule has 0 bridgehead atoms. The minimum atomic E-state index is -0.170. The molecule has 2 aromatic heterocycles. The SMILES string of the molecule is Cc1nc(C#Cc2ccc(O)cc2)sc1C(=O)NCc1cccnc1. The molecule has 6 heteroatoms. The van der Waals surface area contributed by atoms with Crippen LogP contribution in [0.5, 0.6) is 5.75 Å². The van der Waals surface area contributed by atoms with Gasteiger partial charge in [0.25, 0.3) is 5.91 Å². The minimum Gasteiger partial charge on any atom is -0.508 e. The number of aromatic nitrogens is 2. The van der Waals surface area contributed by atoms with Gasteiger partial charge in [-0.1, -0.05) is 12.0 Å². The molecule has 0 saturated heterocycles. The van der Waals surface area contributed by atoms with Crippen molar-refractivity contribution in [2.75, 3.05) is 0 Å². The van der Waals surface area contributed by atoms with Crippen molar-refractivity contribution in [1.29, 1.82) is 0 Å². The Morgan fingerprint density at radius 3 is 2.76 bits per heavy atom. The molecule has 0 aliphatic heterocycles. The van der Waals surface area contributed by atoms with Crippen LogP contribution in [0.1, 0.15) is 31.5 Å². The van der Waals surface area contributed by atoms with Gasteiger partial charge in [0.05, 0.1) is 5.69 Å². The second-order valence-corrected chi connectivity index (χ2v) is 6.27. The number of thiazole rings is 1. The number of amides is 1. The second-order valence-electron chi connectivity index (χ2n) is 5.27. The number of rotatable bonds is 3. The lowest BCUT2D eigenvalue weighted by Gasteiger charge is -2.03. The molecule has 2 heterocycles. The monoisotopic (exact) mass is 349 g/mol. The number of hydrogen-bond acceptors (Lipinski definition) is 5. The lowest BCUT2D eigenvalue weighted by molar-refractivity contribution is 0.0954. The van der Waals surface area contributed by atoms with E-state index < -0.39 is 0 Å². The van der Waals surface area contributed by atoms with Crippen LogP contribution in [-0.4, -0.2) is 21.0 Å². The lowest BCUT2D eigenvalue weighted by atomic mass is 10.2. The third kappa shape index (κ3) is 4.43. The van der Waals surface area contributed by atoms with Gasteiger partial charge in [0, 0.05) is 24.5 Å². The molecule has 1 aromatic carbocycles. The summed E-state index contributed by atoms with van der Waals surface area (Å²) >= 11 is 1.26. The fraction of sp³-hybridized carbons (Fsp3) is 0.105. The average molecular weight is 349 g/mol. The minimum absolute atomic E-state index is 0.170. The summed E-state index contributed by atoms with van der Waals surface area (Å²) in [6.07, 6.45) is 3.41. The van der Waals surface area contributed by atoms with Gasteiger partial charge < -0.3 is 10.4 Å². The van der Waals surface area contributed by atoms with Crippen molar-refractivity contribution in [2.24, 2.45) is 0 Å². The van der Waals surface area contributed by atoms with Crippen LogP contribution in [0.3, 0.4) is 0 Å². The van der Waals surface area contributed by atoms with E-state index in [1.54, 1.807) is 43.6 Å². The Kier molecular flexibility index (Phi) is 5.07. The molecule has 0 radical (unpaired) electrons. The molecular formula is C19H15N3O2S. The largest absolute Gasteiger partial charge is 0.508 e. The summed E-state index contributed by atoms with van der Waals surface area (Å²) < 4.78 is 0. The first-order valence-corrected chi connectivity index (χ1v) is 8.39. The summed E-state index contributed by atoms with van der Waals surface area (Å²) in [6.45, 7) is 2.21. The summed E-state index contributed by atoms with van der Waals surface area (Å²) in [4.78, 5) is 21.2. The number of phenolic OH excluding ortho intramolecular Hbond substituents is 1. The van der Waals surface area contributed by atoms with Crippen LogP contribution in [0.4, 0.5) is 0 Å². The van der Waals surface area contributed by atoms with Gasteiger partial charge in [0.2, 0.25) is 0 Å². The molecule has 0 fully saturated rings. The summed E-state index contributed by atoms with van der Waals surface area (Å²) in [6, 6.07) is 10.3. The Morgan fingerprint density at radius 2 is 2.04 bits per heavy atom. The van der Waals surface area contributed by atoms with Crippen LogP contribution in [0.2, 0.25) is 0 Å². The quantitative estimate of drug-likeness (QED) is 0.713. The summed E-state index contributed by atoms with van der Waals surface area (Å²) in [7, 11) is 0. The third-order valence-corrected chi connectivity index (χ3v) is 4.43. The smallest absolute Gasteiger partial charge is 0.263 e. The number of phenols is 1. The molecule has 5 nitrogen and oxygen atoms in total. The number of benzene rings is 1. The summed E-state index contributed by atoms with van der Waals surface area (Å²) in [5.41, 5.74) is 2.36. The van der Waals surface area contributed by atoms with Crippen LogP contribution in [0, 0.1) is 18.8 Å². The highest BCUT2D eigenvalue weighted by Gasteiger charge is 2.14. The molecular weight excluding hydrogens is 334 g/mol. The van der Waals surface area contributed by atoms with Crippen LogP contribution in [0.15, 0.2) is 48.8 Å². The molecule has 0 spiro atoms. The predicted molar refractivity (Wildman–Crippen MR) is 96.3 cm³/mol. The molecule has 0 atom stereocenters. The van der Waals surface area contributed by atoms with Crippen LogP contribution >= 0.6 is 11.3 Å².